The fourth-order valence-corrected chi connectivity index (χ4v) is 2.71. The van der Waals surface area contributed by atoms with Crippen molar-refractivity contribution in [2.24, 2.45) is 0 Å². The van der Waals surface area contributed by atoms with Gasteiger partial charge in [-0.25, -0.2) is 0 Å². The molecule has 0 spiro atoms. The summed E-state index contributed by atoms with van der Waals surface area (Å²) in [6.45, 7) is 1.80. The van der Waals surface area contributed by atoms with Gasteiger partial charge in [-0.15, -0.1) is 0 Å². The second-order valence-electron chi connectivity index (χ2n) is 4.29. The van der Waals surface area contributed by atoms with Crippen LogP contribution in [0.25, 0.3) is 0 Å². The van der Waals surface area contributed by atoms with E-state index < -0.39 is 0 Å². The van der Waals surface area contributed by atoms with E-state index in [4.69, 9.17) is 23.2 Å². The number of halogens is 2. The number of nitrogens with zero attached hydrogens (tertiary/aromatic N) is 1. The van der Waals surface area contributed by atoms with Crippen LogP contribution in [0.2, 0.25) is 10.0 Å². The molecule has 0 atom stereocenters. The Morgan fingerprint density at radius 1 is 1.18 bits per heavy atom. The molecular weight excluding hydrogens is 257 g/mol. The molecular formula is C13H15Cl2NO. The molecule has 17 heavy (non-hydrogen) atoms. The van der Waals surface area contributed by atoms with E-state index in [1.165, 1.54) is 0 Å². The molecule has 1 heterocycles. The molecule has 0 aliphatic carbocycles. The number of hydrogen-bond donors (Lipinski definition) is 0. The summed E-state index contributed by atoms with van der Waals surface area (Å²) in [5.41, 5.74) is 0.878. The van der Waals surface area contributed by atoms with Gasteiger partial charge in [0, 0.05) is 29.6 Å². The SMILES string of the molecule is O=C(CCc1c(Cl)cccc1Cl)N1CCCC1. The zero-order chi connectivity index (χ0) is 12.3. The molecule has 0 bridgehead atoms. The largest absolute Gasteiger partial charge is 0.343 e. The van der Waals surface area contributed by atoms with Crippen molar-refractivity contribution in [3.05, 3.63) is 33.8 Å². The Kier molecular flexibility index (Phi) is 4.30. The third kappa shape index (κ3) is 3.14. The van der Waals surface area contributed by atoms with Gasteiger partial charge in [0.05, 0.1) is 0 Å². The number of hydrogen-bond acceptors (Lipinski definition) is 1. The van der Waals surface area contributed by atoms with Crippen molar-refractivity contribution in [3.63, 3.8) is 0 Å². The van der Waals surface area contributed by atoms with Crippen LogP contribution in [0.15, 0.2) is 18.2 Å². The second kappa shape index (κ2) is 5.74. The van der Waals surface area contributed by atoms with Gasteiger partial charge in [0.25, 0.3) is 0 Å². The number of carbonyl (C=O) groups is 1. The average molecular weight is 272 g/mol. The van der Waals surface area contributed by atoms with Crippen LogP contribution in [0, 0.1) is 0 Å². The van der Waals surface area contributed by atoms with Crippen LogP contribution in [-0.2, 0) is 11.2 Å². The standard InChI is InChI=1S/C13H15Cl2NO/c14-11-4-3-5-12(15)10(11)6-7-13(17)16-8-1-2-9-16/h3-5H,1-2,6-9H2. The molecule has 0 aromatic heterocycles. The Morgan fingerprint density at radius 2 is 1.76 bits per heavy atom. The molecule has 1 aromatic carbocycles. The number of carbonyl (C=O) groups excluding carboxylic acids is 1. The highest BCUT2D eigenvalue weighted by molar-refractivity contribution is 6.36. The minimum Gasteiger partial charge on any atom is -0.343 e. The lowest BCUT2D eigenvalue weighted by molar-refractivity contribution is -0.130. The van der Waals surface area contributed by atoms with Crippen molar-refractivity contribution in [2.75, 3.05) is 13.1 Å². The van der Waals surface area contributed by atoms with Crippen LogP contribution in [0.1, 0.15) is 24.8 Å². The minimum absolute atomic E-state index is 0.207. The first kappa shape index (κ1) is 12.7. The highest BCUT2D eigenvalue weighted by Gasteiger charge is 2.18. The summed E-state index contributed by atoms with van der Waals surface area (Å²) < 4.78 is 0. The van der Waals surface area contributed by atoms with Gasteiger partial charge in [-0.2, -0.15) is 0 Å². The van der Waals surface area contributed by atoms with Gasteiger partial charge in [0.15, 0.2) is 0 Å². The minimum atomic E-state index is 0.207. The Bertz CT molecular complexity index is 394. The van der Waals surface area contributed by atoms with Gasteiger partial charge in [-0.05, 0) is 37.0 Å². The summed E-state index contributed by atoms with van der Waals surface area (Å²) in [4.78, 5) is 13.8. The lowest BCUT2D eigenvalue weighted by atomic mass is 10.1. The van der Waals surface area contributed by atoms with E-state index in [0.717, 1.165) is 31.5 Å². The summed E-state index contributed by atoms with van der Waals surface area (Å²) >= 11 is 12.1. The van der Waals surface area contributed by atoms with E-state index in [1.807, 2.05) is 23.1 Å². The number of likely N-dealkylation sites (tertiary alicyclic amines) is 1. The number of benzene rings is 1. The molecule has 1 saturated heterocycles. The molecule has 4 heteroatoms. The predicted molar refractivity (Wildman–Crippen MR) is 70.6 cm³/mol. The molecule has 0 radical (unpaired) electrons. The summed E-state index contributed by atoms with van der Waals surface area (Å²) in [6, 6.07) is 5.43. The predicted octanol–water partition coefficient (Wildman–Crippen LogP) is 3.55. The van der Waals surface area contributed by atoms with Crippen LogP contribution < -0.4 is 0 Å². The topological polar surface area (TPSA) is 20.3 Å². The van der Waals surface area contributed by atoms with Gasteiger partial charge in [0.1, 0.15) is 0 Å². The van der Waals surface area contributed by atoms with Crippen molar-refractivity contribution in [1.29, 1.82) is 0 Å². The molecule has 1 amide bonds. The summed E-state index contributed by atoms with van der Waals surface area (Å²) in [7, 11) is 0. The molecule has 2 rings (SSSR count). The van der Waals surface area contributed by atoms with Crippen LogP contribution in [0.5, 0.6) is 0 Å². The highest BCUT2D eigenvalue weighted by atomic mass is 35.5. The molecule has 1 aromatic rings. The monoisotopic (exact) mass is 271 g/mol. The van der Waals surface area contributed by atoms with Crippen molar-refractivity contribution < 1.29 is 4.79 Å². The molecule has 2 nitrogen and oxygen atoms in total. The fraction of sp³-hybridized carbons (Fsp3) is 0.462. The third-order valence-corrected chi connectivity index (χ3v) is 3.82. The Morgan fingerprint density at radius 3 is 2.35 bits per heavy atom. The van der Waals surface area contributed by atoms with Crippen molar-refractivity contribution in [2.45, 2.75) is 25.7 Å². The first-order valence-corrected chi connectivity index (χ1v) is 6.65. The van der Waals surface area contributed by atoms with Gasteiger partial charge >= 0.3 is 0 Å². The summed E-state index contributed by atoms with van der Waals surface area (Å²) in [5, 5.41) is 1.29. The van der Waals surface area contributed by atoms with Crippen molar-refractivity contribution >= 4 is 29.1 Å². The average Bonchev–Trinajstić information content (AvgIpc) is 2.81. The van der Waals surface area contributed by atoms with E-state index in [1.54, 1.807) is 0 Å². The van der Waals surface area contributed by atoms with E-state index in [9.17, 15) is 4.79 Å². The van der Waals surface area contributed by atoms with E-state index >= 15 is 0 Å². The third-order valence-electron chi connectivity index (χ3n) is 3.11. The fourth-order valence-electron chi connectivity index (χ4n) is 2.13. The quantitative estimate of drug-likeness (QED) is 0.824. The zero-order valence-electron chi connectivity index (χ0n) is 9.59. The smallest absolute Gasteiger partial charge is 0.222 e. The first-order chi connectivity index (χ1) is 8.18. The normalized spacial score (nSPS) is 15.3. The second-order valence-corrected chi connectivity index (χ2v) is 5.10. The maximum atomic E-state index is 11.9. The molecule has 1 fully saturated rings. The molecule has 92 valence electrons. The Balaban J connectivity index is 1.95. The molecule has 1 aliphatic heterocycles. The maximum absolute atomic E-state index is 11.9. The lowest BCUT2D eigenvalue weighted by Crippen LogP contribution is -2.27. The molecule has 0 unspecified atom stereocenters. The van der Waals surface area contributed by atoms with E-state index in [-0.39, 0.29) is 5.91 Å². The Hall–Kier alpha value is -0.730. The first-order valence-electron chi connectivity index (χ1n) is 5.89. The van der Waals surface area contributed by atoms with Gasteiger partial charge < -0.3 is 4.90 Å². The molecule has 1 aliphatic rings. The van der Waals surface area contributed by atoms with E-state index in [2.05, 4.69) is 0 Å². The van der Waals surface area contributed by atoms with Crippen molar-refractivity contribution in [3.8, 4) is 0 Å². The zero-order valence-corrected chi connectivity index (χ0v) is 11.1. The summed E-state index contributed by atoms with van der Waals surface area (Å²) in [6.07, 6.45) is 3.36. The van der Waals surface area contributed by atoms with Crippen LogP contribution in [0.4, 0.5) is 0 Å². The van der Waals surface area contributed by atoms with Crippen LogP contribution in [0.3, 0.4) is 0 Å². The molecule has 0 N–H and O–H groups in total. The summed E-state index contributed by atoms with van der Waals surface area (Å²) in [5.74, 6) is 0.207. The number of rotatable bonds is 3. The van der Waals surface area contributed by atoms with Crippen LogP contribution in [-0.4, -0.2) is 23.9 Å². The molecule has 0 saturated carbocycles. The Labute approximate surface area is 112 Å². The number of amides is 1. The lowest BCUT2D eigenvalue weighted by Gasteiger charge is -2.15. The van der Waals surface area contributed by atoms with Crippen LogP contribution >= 0.6 is 23.2 Å². The van der Waals surface area contributed by atoms with Gasteiger partial charge in [-0.1, -0.05) is 29.3 Å². The maximum Gasteiger partial charge on any atom is 0.222 e. The highest BCUT2D eigenvalue weighted by Crippen LogP contribution is 2.25. The van der Waals surface area contributed by atoms with Gasteiger partial charge in [0.2, 0.25) is 5.91 Å². The van der Waals surface area contributed by atoms with E-state index in [0.29, 0.717) is 22.9 Å². The van der Waals surface area contributed by atoms with Crippen molar-refractivity contribution in [1.82, 2.24) is 4.90 Å². The van der Waals surface area contributed by atoms with Gasteiger partial charge in [-0.3, -0.25) is 4.79 Å².